The first-order chi connectivity index (χ1) is 12.8. The number of benzene rings is 1. The number of rotatable bonds is 5. The number of hydrogen-bond donors (Lipinski definition) is 3. The van der Waals surface area contributed by atoms with E-state index in [2.05, 4.69) is 20.3 Å². The van der Waals surface area contributed by atoms with E-state index in [0.29, 0.717) is 24.5 Å². The number of amides is 1. The van der Waals surface area contributed by atoms with Crippen LogP contribution in [0.15, 0.2) is 58.8 Å². The van der Waals surface area contributed by atoms with Gasteiger partial charge in [-0.1, -0.05) is 12.1 Å². The lowest BCUT2D eigenvalue weighted by molar-refractivity contribution is -0.116. The predicted octanol–water partition coefficient (Wildman–Crippen LogP) is 1.84. The molecular formula is C19H23N7O. The number of anilines is 2. The third kappa shape index (κ3) is 4.41. The van der Waals surface area contributed by atoms with Crippen LogP contribution in [0.1, 0.15) is 25.8 Å². The highest BCUT2D eigenvalue weighted by molar-refractivity contribution is 6.05. The molecule has 0 bridgehead atoms. The first-order valence-corrected chi connectivity index (χ1v) is 8.64. The summed E-state index contributed by atoms with van der Waals surface area (Å²) in [6.07, 6.45) is 4.23. The number of pyridine rings is 1. The second kappa shape index (κ2) is 7.45. The fourth-order valence-corrected chi connectivity index (χ4v) is 3.02. The van der Waals surface area contributed by atoms with Gasteiger partial charge in [0.25, 0.3) is 0 Å². The lowest BCUT2D eigenvalue weighted by Gasteiger charge is -2.38. The van der Waals surface area contributed by atoms with Crippen molar-refractivity contribution in [1.82, 2.24) is 4.98 Å². The molecule has 1 aliphatic rings. The lowest BCUT2D eigenvalue weighted by atomic mass is 10.1. The zero-order valence-corrected chi connectivity index (χ0v) is 15.4. The van der Waals surface area contributed by atoms with Gasteiger partial charge in [0.2, 0.25) is 17.8 Å². The van der Waals surface area contributed by atoms with E-state index in [9.17, 15) is 4.79 Å². The van der Waals surface area contributed by atoms with E-state index in [4.69, 9.17) is 11.5 Å². The third-order valence-electron chi connectivity index (χ3n) is 4.15. The summed E-state index contributed by atoms with van der Waals surface area (Å²) in [7, 11) is 0. The Kier molecular flexibility index (Phi) is 5.07. The molecule has 1 aliphatic heterocycles. The Morgan fingerprint density at radius 2 is 2.04 bits per heavy atom. The molecule has 0 aliphatic carbocycles. The molecule has 8 nitrogen and oxygen atoms in total. The van der Waals surface area contributed by atoms with E-state index >= 15 is 0 Å². The molecule has 140 valence electrons. The van der Waals surface area contributed by atoms with Crippen LogP contribution in [0.2, 0.25) is 0 Å². The monoisotopic (exact) mass is 365 g/mol. The van der Waals surface area contributed by atoms with E-state index in [1.807, 2.05) is 43.0 Å². The molecule has 5 N–H and O–H groups in total. The van der Waals surface area contributed by atoms with Gasteiger partial charge in [0, 0.05) is 18.3 Å². The molecule has 2 aromatic rings. The molecule has 0 unspecified atom stereocenters. The summed E-state index contributed by atoms with van der Waals surface area (Å²) in [6.45, 7) is 3.82. The van der Waals surface area contributed by atoms with Crippen molar-refractivity contribution in [3.8, 4) is 0 Å². The molecule has 0 radical (unpaired) electrons. The van der Waals surface area contributed by atoms with Crippen molar-refractivity contribution in [3.63, 3.8) is 0 Å². The summed E-state index contributed by atoms with van der Waals surface area (Å²) in [5.74, 6) is 0.390. The van der Waals surface area contributed by atoms with Crippen molar-refractivity contribution in [1.29, 1.82) is 0 Å². The molecule has 0 saturated carbocycles. The maximum absolute atomic E-state index is 12.1. The molecule has 0 saturated heterocycles. The highest BCUT2D eigenvalue weighted by atomic mass is 16.1. The van der Waals surface area contributed by atoms with Gasteiger partial charge in [0.1, 0.15) is 5.66 Å². The normalized spacial score (nSPS) is 15.7. The van der Waals surface area contributed by atoms with Gasteiger partial charge in [-0.15, -0.1) is 0 Å². The van der Waals surface area contributed by atoms with Crippen LogP contribution in [0.3, 0.4) is 0 Å². The van der Waals surface area contributed by atoms with Crippen LogP contribution < -0.4 is 21.7 Å². The molecule has 0 spiro atoms. The Hall–Kier alpha value is -3.42. The molecule has 27 heavy (non-hydrogen) atoms. The number of carbonyl (C=O) groups is 1. The van der Waals surface area contributed by atoms with Gasteiger partial charge in [-0.2, -0.15) is 4.99 Å². The second-order valence-electron chi connectivity index (χ2n) is 6.73. The van der Waals surface area contributed by atoms with Crippen molar-refractivity contribution < 1.29 is 4.79 Å². The van der Waals surface area contributed by atoms with Crippen molar-refractivity contribution in [2.75, 3.05) is 10.2 Å². The maximum Gasteiger partial charge on any atom is 0.224 e. The number of aryl methyl sites for hydroxylation is 1. The minimum Gasteiger partial charge on any atom is -0.369 e. The highest BCUT2D eigenvalue weighted by Crippen LogP contribution is 2.28. The van der Waals surface area contributed by atoms with Crippen molar-refractivity contribution in [2.45, 2.75) is 32.4 Å². The Balaban J connectivity index is 1.69. The Morgan fingerprint density at radius 1 is 1.22 bits per heavy atom. The Labute approximate surface area is 158 Å². The summed E-state index contributed by atoms with van der Waals surface area (Å²) in [5, 5.41) is 2.83. The van der Waals surface area contributed by atoms with Crippen molar-refractivity contribution in [3.05, 3.63) is 54.4 Å². The Morgan fingerprint density at radius 3 is 2.74 bits per heavy atom. The average Bonchev–Trinajstić information content (AvgIpc) is 2.59. The van der Waals surface area contributed by atoms with Gasteiger partial charge in [-0.05, 0) is 50.1 Å². The van der Waals surface area contributed by atoms with Crippen LogP contribution >= 0.6 is 0 Å². The summed E-state index contributed by atoms with van der Waals surface area (Å²) in [5.41, 5.74) is 13.7. The largest absolute Gasteiger partial charge is 0.369 e. The fraction of sp³-hybridized carbons (Fsp3) is 0.263. The van der Waals surface area contributed by atoms with E-state index in [1.54, 1.807) is 24.5 Å². The molecule has 0 atom stereocenters. The molecular weight excluding hydrogens is 342 g/mol. The lowest BCUT2D eigenvalue weighted by Crippen LogP contribution is -2.54. The predicted molar refractivity (Wildman–Crippen MR) is 107 cm³/mol. The SMILES string of the molecule is CC1(C)N=C(N)N=C(N)N1c1cccc(CCC(=O)Nc2cccnc2)c1. The number of carbonyl (C=O) groups excluding carboxylic acids is 1. The van der Waals surface area contributed by atoms with E-state index in [1.165, 1.54) is 0 Å². The van der Waals surface area contributed by atoms with Gasteiger partial charge in [-0.3, -0.25) is 14.7 Å². The number of aliphatic imine (C=N–C) groups is 2. The van der Waals surface area contributed by atoms with E-state index < -0.39 is 5.66 Å². The van der Waals surface area contributed by atoms with E-state index in [-0.39, 0.29) is 11.9 Å². The zero-order valence-electron chi connectivity index (χ0n) is 15.4. The number of nitrogens with zero attached hydrogens (tertiary/aromatic N) is 4. The van der Waals surface area contributed by atoms with Gasteiger partial charge in [-0.25, -0.2) is 4.99 Å². The van der Waals surface area contributed by atoms with Crippen LogP contribution in [0.25, 0.3) is 0 Å². The number of nitrogens with two attached hydrogens (primary N) is 2. The number of aromatic nitrogens is 1. The maximum atomic E-state index is 12.1. The topological polar surface area (TPSA) is 122 Å². The fourth-order valence-electron chi connectivity index (χ4n) is 3.02. The second-order valence-corrected chi connectivity index (χ2v) is 6.73. The van der Waals surface area contributed by atoms with Crippen LogP contribution in [0, 0.1) is 0 Å². The molecule has 2 heterocycles. The standard InChI is InChI=1S/C19H23N7O/c1-19(2)25-17(20)24-18(21)26(19)15-7-3-5-13(11-15)8-9-16(27)23-14-6-4-10-22-12-14/h3-7,10-12H,8-9H2,1-2H3,(H,23,27)(H4,20,21,24,25). The zero-order chi connectivity index (χ0) is 19.4. The van der Waals surface area contributed by atoms with Crippen molar-refractivity contribution >= 4 is 29.2 Å². The quantitative estimate of drug-likeness (QED) is 0.746. The minimum absolute atomic E-state index is 0.0647. The first-order valence-electron chi connectivity index (χ1n) is 8.64. The van der Waals surface area contributed by atoms with Gasteiger partial charge < -0.3 is 16.8 Å². The summed E-state index contributed by atoms with van der Waals surface area (Å²) in [4.78, 5) is 26.4. The molecule has 1 aromatic heterocycles. The Bertz CT molecular complexity index is 890. The minimum atomic E-state index is -0.647. The summed E-state index contributed by atoms with van der Waals surface area (Å²) < 4.78 is 0. The van der Waals surface area contributed by atoms with Gasteiger partial charge >= 0.3 is 0 Å². The molecule has 1 aromatic carbocycles. The highest BCUT2D eigenvalue weighted by Gasteiger charge is 2.32. The van der Waals surface area contributed by atoms with Crippen LogP contribution in [0.5, 0.6) is 0 Å². The van der Waals surface area contributed by atoms with Crippen LogP contribution in [-0.4, -0.2) is 28.5 Å². The van der Waals surface area contributed by atoms with E-state index in [0.717, 1.165) is 11.3 Å². The van der Waals surface area contributed by atoms with Gasteiger partial charge in [0.15, 0.2) is 0 Å². The number of guanidine groups is 2. The van der Waals surface area contributed by atoms with Gasteiger partial charge in [0.05, 0.1) is 11.9 Å². The average molecular weight is 365 g/mol. The first kappa shape index (κ1) is 18.4. The third-order valence-corrected chi connectivity index (χ3v) is 4.15. The molecule has 8 heteroatoms. The summed E-state index contributed by atoms with van der Waals surface area (Å²) >= 11 is 0. The number of hydrogen-bond acceptors (Lipinski definition) is 7. The molecule has 1 amide bonds. The summed E-state index contributed by atoms with van der Waals surface area (Å²) in [6, 6.07) is 11.4. The smallest absolute Gasteiger partial charge is 0.224 e. The molecule has 0 fully saturated rings. The number of nitrogens with one attached hydrogen (secondary N) is 1. The van der Waals surface area contributed by atoms with Crippen LogP contribution in [0.4, 0.5) is 11.4 Å². The molecule has 3 rings (SSSR count). The van der Waals surface area contributed by atoms with Crippen LogP contribution in [-0.2, 0) is 11.2 Å². The van der Waals surface area contributed by atoms with Crippen molar-refractivity contribution in [2.24, 2.45) is 21.5 Å².